The van der Waals surface area contributed by atoms with Crippen LogP contribution in [-0.4, -0.2) is 24.1 Å². The van der Waals surface area contributed by atoms with Crippen LogP contribution in [0.5, 0.6) is 0 Å². The van der Waals surface area contributed by atoms with Crippen molar-refractivity contribution in [2.75, 3.05) is 0 Å². The molecule has 56 heavy (non-hydrogen) atoms. The summed E-state index contributed by atoms with van der Waals surface area (Å²) in [5, 5.41) is -0.0941. The first-order valence-electron chi connectivity index (χ1n) is 23.1. The summed E-state index contributed by atoms with van der Waals surface area (Å²) in [5.41, 5.74) is 5.17. The van der Waals surface area contributed by atoms with E-state index in [2.05, 4.69) is 0 Å². The Morgan fingerprint density at radius 3 is 1.46 bits per heavy atom. The van der Waals surface area contributed by atoms with Crippen LogP contribution in [0.15, 0.2) is 200 Å². The second-order valence-electron chi connectivity index (χ2n) is 13.3. The quantitative estimate of drug-likeness (QED) is 0.171. The minimum Gasteiger partial charge on any atom is -0.309 e. The summed E-state index contributed by atoms with van der Waals surface area (Å²) in [5.74, 6) is 0.397. The Balaban J connectivity index is 1.33. The second-order valence-corrected chi connectivity index (χ2v) is 13.3. The molecule has 5 heteroatoms. The molecule has 0 saturated heterocycles. The summed E-state index contributed by atoms with van der Waals surface area (Å²) in [7, 11) is 0. The molecule has 11 aromatic rings. The molecule has 0 atom stereocenters. The molecule has 0 bridgehead atoms. The van der Waals surface area contributed by atoms with E-state index in [0.717, 1.165) is 16.7 Å². The Morgan fingerprint density at radius 1 is 0.357 bits per heavy atom. The van der Waals surface area contributed by atoms with Crippen molar-refractivity contribution in [3.05, 3.63) is 200 Å². The maximum atomic E-state index is 10.4. The highest BCUT2D eigenvalue weighted by atomic mass is 15.2. The fraction of sp³-hybridized carbons (Fsp3) is 0. The third kappa shape index (κ3) is 5.21. The molecule has 0 aliphatic heterocycles. The van der Waals surface area contributed by atoms with E-state index in [0.29, 0.717) is 22.4 Å². The number of hydrogen-bond acceptors (Lipinski definition) is 3. The summed E-state index contributed by atoms with van der Waals surface area (Å²) in [4.78, 5) is 14.9. The molecule has 0 aliphatic rings. The molecule has 0 aliphatic carbocycles. The van der Waals surface area contributed by atoms with Gasteiger partial charge >= 0.3 is 0 Å². The number of rotatable bonds is 6. The lowest BCUT2D eigenvalue weighted by Crippen LogP contribution is -2.06. The van der Waals surface area contributed by atoms with Crippen LogP contribution in [0.2, 0.25) is 0 Å². The molecule has 0 spiro atoms. The van der Waals surface area contributed by atoms with Crippen molar-refractivity contribution in [2.24, 2.45) is 0 Å². The maximum Gasteiger partial charge on any atom is 0.238 e. The number of fused-ring (bicyclic) bond motifs is 6. The van der Waals surface area contributed by atoms with Crippen LogP contribution in [0.1, 0.15) is 13.7 Å². The Morgan fingerprint density at radius 2 is 0.821 bits per heavy atom. The third-order valence-corrected chi connectivity index (χ3v) is 10.0. The number of hydrogen-bond donors (Lipinski definition) is 0. The van der Waals surface area contributed by atoms with Crippen molar-refractivity contribution >= 4 is 43.6 Å². The van der Waals surface area contributed by atoms with Crippen molar-refractivity contribution in [1.29, 1.82) is 0 Å². The predicted octanol–water partition coefficient (Wildman–Crippen LogP) is 12.7. The molecule has 3 heterocycles. The van der Waals surface area contributed by atoms with Crippen LogP contribution in [0.3, 0.4) is 0 Å². The van der Waals surface area contributed by atoms with E-state index >= 15 is 0 Å². The van der Waals surface area contributed by atoms with Gasteiger partial charge < -0.3 is 4.57 Å². The van der Waals surface area contributed by atoms with Crippen molar-refractivity contribution in [3.63, 3.8) is 0 Å². The zero-order valence-corrected chi connectivity index (χ0v) is 29.5. The molecule has 0 fully saturated rings. The lowest BCUT2D eigenvalue weighted by atomic mass is 10.0. The first-order valence-corrected chi connectivity index (χ1v) is 18.1. The van der Waals surface area contributed by atoms with E-state index in [1.165, 1.54) is 4.57 Å². The van der Waals surface area contributed by atoms with Gasteiger partial charge in [-0.3, -0.25) is 4.57 Å². The van der Waals surface area contributed by atoms with Crippen LogP contribution < -0.4 is 0 Å². The lowest BCUT2D eigenvalue weighted by molar-refractivity contribution is 0.953. The first-order chi connectivity index (χ1) is 32.0. The summed E-state index contributed by atoms with van der Waals surface area (Å²) in [6.45, 7) is 0. The van der Waals surface area contributed by atoms with Gasteiger partial charge in [-0.2, -0.15) is 9.97 Å². The minimum atomic E-state index is -0.557. The van der Waals surface area contributed by atoms with Crippen molar-refractivity contribution in [2.45, 2.75) is 0 Å². The zero-order valence-electron chi connectivity index (χ0n) is 39.5. The molecule has 262 valence electrons. The van der Waals surface area contributed by atoms with Crippen LogP contribution >= 0.6 is 0 Å². The van der Waals surface area contributed by atoms with E-state index in [4.69, 9.17) is 20.4 Å². The second kappa shape index (κ2) is 13.0. The van der Waals surface area contributed by atoms with E-state index < -0.39 is 42.3 Å². The predicted molar refractivity (Wildman–Crippen MR) is 230 cm³/mol. The normalized spacial score (nSPS) is 14.1. The fourth-order valence-electron chi connectivity index (χ4n) is 7.43. The van der Waals surface area contributed by atoms with Gasteiger partial charge in [0.25, 0.3) is 0 Å². The monoisotopic (exact) mass is 725 g/mol. The molecule has 3 aromatic heterocycles. The molecule has 0 amide bonds. The number of aromatic nitrogens is 5. The van der Waals surface area contributed by atoms with Gasteiger partial charge in [0.05, 0.1) is 41.5 Å². The Labute approximate surface area is 337 Å². The van der Waals surface area contributed by atoms with Gasteiger partial charge in [-0.15, -0.1) is 0 Å². The average Bonchev–Trinajstić information content (AvgIpc) is 3.92. The van der Waals surface area contributed by atoms with Gasteiger partial charge in [0, 0.05) is 38.2 Å². The summed E-state index contributed by atoms with van der Waals surface area (Å²) < 4.78 is 96.2. The first kappa shape index (κ1) is 23.2. The minimum absolute atomic E-state index is 0.00578. The SMILES string of the molecule is [2H]c1c([2H])c([2H])c2c(c1[2H])c1c([2H])c3c4c([2H])c([2H])c([2H])c([2H])c4n(-c4ccccc4-c4ccccc4)c3c([2H])c1n2-c1nc(-c2ccccc2)nc(-c2ccc(-c3ccccc3)cc2)n1. The Kier molecular flexibility index (Phi) is 5.41. The van der Waals surface area contributed by atoms with Crippen LogP contribution in [0, 0.1) is 0 Å². The van der Waals surface area contributed by atoms with Crippen molar-refractivity contribution in [1.82, 2.24) is 24.1 Å². The van der Waals surface area contributed by atoms with Gasteiger partial charge in [-0.1, -0.05) is 170 Å². The van der Waals surface area contributed by atoms with Gasteiger partial charge in [0.15, 0.2) is 11.6 Å². The maximum absolute atomic E-state index is 10.4. The topological polar surface area (TPSA) is 48.5 Å². The molecular formula is C51H33N5. The zero-order chi connectivity index (χ0) is 45.7. The van der Waals surface area contributed by atoms with Crippen LogP contribution in [0.25, 0.3) is 100 Å². The number of nitrogens with zero attached hydrogens (tertiary/aromatic N) is 5. The van der Waals surface area contributed by atoms with E-state index in [-0.39, 0.29) is 79.3 Å². The van der Waals surface area contributed by atoms with Gasteiger partial charge in [0.2, 0.25) is 5.95 Å². The highest BCUT2D eigenvalue weighted by Gasteiger charge is 2.22. The van der Waals surface area contributed by atoms with Crippen molar-refractivity contribution < 1.29 is 13.7 Å². The van der Waals surface area contributed by atoms with Crippen LogP contribution in [0.4, 0.5) is 0 Å². The fourth-order valence-corrected chi connectivity index (χ4v) is 7.43. The molecule has 0 saturated carbocycles. The third-order valence-electron chi connectivity index (χ3n) is 10.0. The number of benzene rings is 8. The number of para-hydroxylation sites is 3. The van der Waals surface area contributed by atoms with Crippen LogP contribution in [-0.2, 0) is 0 Å². The molecule has 5 nitrogen and oxygen atoms in total. The molecule has 0 N–H and O–H groups in total. The van der Waals surface area contributed by atoms with Crippen molar-refractivity contribution in [3.8, 4) is 56.7 Å². The summed E-state index contributed by atoms with van der Waals surface area (Å²) >= 11 is 0. The van der Waals surface area contributed by atoms with Gasteiger partial charge in [-0.25, -0.2) is 4.98 Å². The lowest BCUT2D eigenvalue weighted by Gasteiger charge is -2.14. The molecule has 0 radical (unpaired) electrons. The highest BCUT2D eigenvalue weighted by molar-refractivity contribution is 6.19. The van der Waals surface area contributed by atoms with E-state index in [1.807, 2.05) is 127 Å². The molecule has 11 rings (SSSR count). The van der Waals surface area contributed by atoms with E-state index in [9.17, 15) is 8.22 Å². The van der Waals surface area contributed by atoms with Gasteiger partial charge in [-0.05, 0) is 46.9 Å². The summed E-state index contributed by atoms with van der Waals surface area (Å²) in [6.07, 6.45) is 0. The average molecular weight is 726 g/mol. The largest absolute Gasteiger partial charge is 0.309 e. The smallest absolute Gasteiger partial charge is 0.238 e. The molecule has 8 aromatic carbocycles. The Bertz CT molecular complexity index is 3800. The van der Waals surface area contributed by atoms with E-state index in [1.54, 1.807) is 16.7 Å². The molecular weight excluding hydrogens is 683 g/mol. The Hall–Kier alpha value is -7.63. The molecule has 0 unspecified atom stereocenters. The standard InChI is InChI=1S/C51H33N5/c1-4-16-34(17-5-1)35-28-30-38(31-29-35)50-52-49(37-20-8-3-9-21-37)53-51(54-50)56-46-27-15-12-24-41(46)43-32-42-40-23-11-14-26-45(40)55(47(42)33-48(43)56)44-25-13-10-22-39(44)36-18-6-2-7-19-36/h1-33H/i11D,12D,14D,15D,23D,24D,26D,27D,32D,33D. The van der Waals surface area contributed by atoms with Gasteiger partial charge in [0.1, 0.15) is 0 Å². The summed E-state index contributed by atoms with van der Waals surface area (Å²) in [6, 6.07) is 39.2. The highest BCUT2D eigenvalue weighted by Crippen LogP contribution is 2.41.